The first-order valence-electron chi connectivity index (χ1n) is 8.87. The van der Waals surface area contributed by atoms with Gasteiger partial charge in [0.2, 0.25) is 10.0 Å². The molecule has 3 heterocycles. The van der Waals surface area contributed by atoms with Crippen LogP contribution < -0.4 is 4.72 Å². The second-order valence-electron chi connectivity index (χ2n) is 6.62. The maximum absolute atomic E-state index is 14.3. The Balaban J connectivity index is 1.80. The molecule has 0 aliphatic carbocycles. The van der Waals surface area contributed by atoms with Crippen molar-refractivity contribution in [3.8, 4) is 11.4 Å². The molecule has 3 aromatic heterocycles. The van der Waals surface area contributed by atoms with Gasteiger partial charge >= 0.3 is 5.97 Å². The van der Waals surface area contributed by atoms with Gasteiger partial charge in [-0.25, -0.2) is 17.8 Å². The number of ether oxygens (including phenoxy) is 1. The van der Waals surface area contributed by atoms with Gasteiger partial charge in [-0.05, 0) is 13.0 Å². The molecule has 1 N–H and O–H groups in total. The summed E-state index contributed by atoms with van der Waals surface area (Å²) in [5, 5.41) is 8.03. The molecule has 0 amide bonds. The Labute approximate surface area is 182 Å². The number of nitrogens with zero attached hydrogens (tertiary/aromatic N) is 5. The lowest BCUT2D eigenvalue weighted by Gasteiger charge is -2.14. The summed E-state index contributed by atoms with van der Waals surface area (Å²) in [6.07, 6.45) is 2.58. The van der Waals surface area contributed by atoms with Gasteiger partial charge in [-0.2, -0.15) is 0 Å². The van der Waals surface area contributed by atoms with Crippen LogP contribution >= 0.6 is 11.6 Å². The third-order valence-electron chi connectivity index (χ3n) is 4.18. The molecule has 0 unspecified atom stereocenters. The highest BCUT2D eigenvalue weighted by Crippen LogP contribution is 2.26. The molecule has 0 spiro atoms. The Morgan fingerprint density at radius 3 is 2.77 bits per heavy atom. The van der Waals surface area contributed by atoms with Gasteiger partial charge < -0.3 is 4.74 Å². The summed E-state index contributed by atoms with van der Waals surface area (Å²) in [5.74, 6) is -1.44. The van der Waals surface area contributed by atoms with Crippen LogP contribution in [0.25, 0.3) is 11.4 Å². The van der Waals surface area contributed by atoms with E-state index < -0.39 is 27.9 Å². The monoisotopic (exact) mass is 468 g/mol. The molecule has 0 aliphatic heterocycles. The average molecular weight is 469 g/mol. The van der Waals surface area contributed by atoms with Gasteiger partial charge in [0.1, 0.15) is 22.6 Å². The summed E-state index contributed by atoms with van der Waals surface area (Å²) in [5.41, 5.74) is 0.828. The Morgan fingerprint density at radius 2 is 2.13 bits per heavy atom. The van der Waals surface area contributed by atoms with Crippen LogP contribution in [0.15, 0.2) is 30.6 Å². The number of aryl methyl sites for hydroxylation is 1. The van der Waals surface area contributed by atoms with Crippen molar-refractivity contribution in [2.75, 3.05) is 11.0 Å². The molecule has 3 aromatic rings. The van der Waals surface area contributed by atoms with Crippen LogP contribution in [-0.4, -0.2) is 45.6 Å². The van der Waals surface area contributed by atoms with Crippen LogP contribution in [0.3, 0.4) is 0 Å². The van der Waals surface area contributed by atoms with Gasteiger partial charge in [0, 0.05) is 24.9 Å². The molecular weight excluding hydrogens is 451 g/mol. The van der Waals surface area contributed by atoms with Crippen molar-refractivity contribution in [1.29, 1.82) is 0 Å². The highest BCUT2D eigenvalue weighted by molar-refractivity contribution is 7.92. The van der Waals surface area contributed by atoms with Gasteiger partial charge in [0.25, 0.3) is 0 Å². The zero-order valence-electron chi connectivity index (χ0n) is 16.7. The number of carbonyl (C=O) groups excluding carboxylic acids is 1. The summed E-state index contributed by atoms with van der Waals surface area (Å²) in [6, 6.07) is 4.38. The number of hydrogen-bond acceptors (Lipinski definition) is 8. The number of halogens is 2. The molecule has 13 heteroatoms. The predicted octanol–water partition coefficient (Wildman–Crippen LogP) is 2.28. The Hall–Kier alpha value is -3.12. The lowest BCUT2D eigenvalue weighted by atomic mass is 10.1. The average Bonchev–Trinajstić information content (AvgIpc) is 3.03. The number of nitrogens with one attached hydrogen (secondary N) is 1. The van der Waals surface area contributed by atoms with E-state index in [2.05, 4.69) is 20.3 Å². The summed E-state index contributed by atoms with van der Waals surface area (Å²) in [4.78, 5) is 20.5. The largest absolute Gasteiger partial charge is 0.457 e. The number of anilines is 1. The fourth-order valence-electron chi connectivity index (χ4n) is 2.75. The Morgan fingerprint density at radius 1 is 1.39 bits per heavy atom. The maximum Gasteiger partial charge on any atom is 0.312 e. The molecular formula is C18H18ClFN6O4S. The van der Waals surface area contributed by atoms with Gasteiger partial charge in [-0.1, -0.05) is 22.9 Å². The predicted molar refractivity (Wildman–Crippen MR) is 110 cm³/mol. The number of hydrogen-bond donors (Lipinski definition) is 1. The van der Waals surface area contributed by atoms with Gasteiger partial charge in [-0.3, -0.25) is 19.2 Å². The van der Waals surface area contributed by atoms with Gasteiger partial charge in [0.05, 0.1) is 30.3 Å². The number of pyridine rings is 2. The normalized spacial score (nSPS) is 12.4. The zero-order chi connectivity index (χ0) is 22.8. The second kappa shape index (κ2) is 8.94. The molecule has 164 valence electrons. The minimum absolute atomic E-state index is 0.0794. The molecule has 0 radical (unpaired) electrons. The lowest BCUT2D eigenvalue weighted by molar-refractivity contribution is -0.147. The van der Waals surface area contributed by atoms with Crippen LogP contribution in [0.2, 0.25) is 5.15 Å². The molecule has 0 aliphatic rings. The van der Waals surface area contributed by atoms with Crippen molar-refractivity contribution in [3.05, 3.63) is 52.8 Å². The van der Waals surface area contributed by atoms with E-state index >= 15 is 0 Å². The minimum atomic E-state index is -3.67. The highest BCUT2D eigenvalue weighted by Gasteiger charge is 2.22. The molecule has 0 fully saturated rings. The first kappa shape index (κ1) is 22.6. The summed E-state index contributed by atoms with van der Waals surface area (Å²) in [7, 11) is -2.11. The van der Waals surface area contributed by atoms with Gasteiger partial charge in [0.15, 0.2) is 5.82 Å². The van der Waals surface area contributed by atoms with Gasteiger partial charge in [-0.15, -0.1) is 5.10 Å². The van der Waals surface area contributed by atoms with Crippen LogP contribution in [0.1, 0.15) is 24.3 Å². The fourth-order valence-corrected chi connectivity index (χ4v) is 3.57. The number of rotatable bonds is 7. The third-order valence-corrected chi connectivity index (χ3v) is 5.09. The number of carbonyl (C=O) groups is 1. The molecule has 31 heavy (non-hydrogen) atoms. The fraction of sp³-hybridized carbons (Fsp3) is 0.278. The zero-order valence-corrected chi connectivity index (χ0v) is 18.3. The third kappa shape index (κ3) is 5.52. The van der Waals surface area contributed by atoms with Crippen molar-refractivity contribution in [2.24, 2.45) is 7.05 Å². The molecule has 3 rings (SSSR count). The number of sulfonamides is 1. The lowest BCUT2D eigenvalue weighted by Crippen LogP contribution is -2.15. The molecule has 10 nitrogen and oxygen atoms in total. The van der Waals surface area contributed by atoms with E-state index in [-0.39, 0.29) is 28.6 Å². The molecule has 1 atom stereocenters. The Bertz CT molecular complexity index is 1230. The number of esters is 1. The SMILES string of the molecule is C[C@@H](OC(=O)Cc1c(-c2cc(F)c(NS(C)(=O)=O)cn2)nnn1C)c1cccnc1Cl. The first-order valence-corrected chi connectivity index (χ1v) is 11.1. The van der Waals surface area contributed by atoms with E-state index in [1.54, 1.807) is 26.1 Å². The van der Waals surface area contributed by atoms with E-state index in [1.165, 1.54) is 10.9 Å². The quantitative estimate of drug-likeness (QED) is 0.413. The topological polar surface area (TPSA) is 129 Å². The van der Waals surface area contributed by atoms with Crippen molar-refractivity contribution >= 4 is 33.3 Å². The summed E-state index contributed by atoms with van der Waals surface area (Å²) >= 11 is 6.03. The van der Waals surface area contributed by atoms with E-state index in [0.29, 0.717) is 11.3 Å². The molecule has 0 bridgehead atoms. The molecule has 0 saturated carbocycles. The van der Waals surface area contributed by atoms with Crippen molar-refractivity contribution in [2.45, 2.75) is 19.4 Å². The van der Waals surface area contributed by atoms with Crippen molar-refractivity contribution < 1.29 is 22.3 Å². The molecule has 0 saturated heterocycles. The second-order valence-corrected chi connectivity index (χ2v) is 8.73. The first-order chi connectivity index (χ1) is 14.5. The van der Waals surface area contributed by atoms with Crippen LogP contribution in [-0.2, 0) is 33.0 Å². The van der Waals surface area contributed by atoms with Crippen molar-refractivity contribution in [1.82, 2.24) is 25.0 Å². The number of aromatic nitrogens is 5. The van der Waals surface area contributed by atoms with Crippen LogP contribution in [0, 0.1) is 5.82 Å². The standard InChI is InChI=1S/C18H18ClFN6O4S/c1-10(11-5-4-6-21-18(11)19)30-16(27)8-15-17(23-25-26(15)2)13-7-12(20)14(9-22-13)24-31(3,28)29/h4-7,9-10,24H,8H2,1-3H3/t10-/m1/s1. The highest BCUT2D eigenvalue weighted by atomic mass is 35.5. The smallest absolute Gasteiger partial charge is 0.312 e. The Kier molecular flexibility index (Phi) is 6.51. The van der Waals surface area contributed by atoms with E-state index in [4.69, 9.17) is 16.3 Å². The van der Waals surface area contributed by atoms with E-state index in [0.717, 1.165) is 18.5 Å². The van der Waals surface area contributed by atoms with Crippen LogP contribution in [0.4, 0.5) is 10.1 Å². The van der Waals surface area contributed by atoms with Crippen molar-refractivity contribution in [3.63, 3.8) is 0 Å². The van der Waals surface area contributed by atoms with E-state index in [9.17, 15) is 17.6 Å². The minimum Gasteiger partial charge on any atom is -0.457 e. The van der Waals surface area contributed by atoms with Crippen LogP contribution in [0.5, 0.6) is 0 Å². The van der Waals surface area contributed by atoms with E-state index in [1.807, 2.05) is 4.72 Å². The summed E-state index contributed by atoms with van der Waals surface area (Å²) < 4.78 is 45.7. The maximum atomic E-state index is 14.3. The molecule has 0 aromatic carbocycles. The summed E-state index contributed by atoms with van der Waals surface area (Å²) in [6.45, 7) is 1.66.